The number of fused-ring (bicyclic) bond motifs is 2. The van der Waals surface area contributed by atoms with E-state index in [9.17, 15) is 0 Å². The van der Waals surface area contributed by atoms with Crippen LogP contribution in [-0.2, 0) is 5.41 Å². The summed E-state index contributed by atoms with van der Waals surface area (Å²) in [5, 5.41) is 6.42. The van der Waals surface area contributed by atoms with Crippen molar-refractivity contribution in [2.24, 2.45) is 5.10 Å². The number of aromatic nitrogens is 2. The minimum Gasteiger partial charge on any atom is -0.456 e. The van der Waals surface area contributed by atoms with Gasteiger partial charge in [-0.3, -0.25) is 0 Å². The van der Waals surface area contributed by atoms with Crippen LogP contribution in [0.1, 0.15) is 31.9 Å². The van der Waals surface area contributed by atoms with Crippen LogP contribution in [0.4, 0.5) is 5.95 Å². The molecule has 5 aromatic rings. The molecule has 160 valence electrons. The molecule has 32 heavy (non-hydrogen) atoms. The fourth-order valence-corrected chi connectivity index (χ4v) is 3.77. The lowest BCUT2D eigenvalue weighted by Crippen LogP contribution is -2.10. The normalized spacial score (nSPS) is 12.6. The molecule has 2 N–H and O–H groups in total. The Labute approximate surface area is 186 Å². The molecule has 0 aliphatic rings. The topological polar surface area (TPSA) is 66.2 Å². The van der Waals surface area contributed by atoms with E-state index in [0.717, 1.165) is 44.2 Å². The second-order valence-corrected chi connectivity index (χ2v) is 9.15. The molecule has 3 aromatic carbocycles. The molecule has 2 aromatic heterocycles. The molecule has 0 radical (unpaired) electrons. The molecule has 0 aliphatic heterocycles. The van der Waals surface area contributed by atoms with Crippen LogP contribution in [0.15, 0.2) is 82.3 Å². The summed E-state index contributed by atoms with van der Waals surface area (Å²) in [6.45, 7) is 8.71. The Kier molecular flexibility index (Phi) is 4.82. The van der Waals surface area contributed by atoms with Crippen LogP contribution < -0.4 is 10.8 Å². The number of para-hydroxylation sites is 2. The summed E-state index contributed by atoms with van der Waals surface area (Å²) < 4.78 is 6.26. The second-order valence-electron chi connectivity index (χ2n) is 9.15. The Morgan fingerprint density at radius 2 is 1.72 bits per heavy atom. The molecular formula is C27H26N4O. The van der Waals surface area contributed by atoms with Crippen LogP contribution in [0.3, 0.4) is 0 Å². The Bertz CT molecular complexity index is 1450. The van der Waals surface area contributed by atoms with Gasteiger partial charge in [0.2, 0.25) is 5.95 Å². The fraction of sp³-hybridized carbons (Fsp3) is 0.185. The van der Waals surface area contributed by atoms with Crippen LogP contribution >= 0.6 is 0 Å². The molecule has 0 saturated heterocycles. The van der Waals surface area contributed by atoms with Crippen molar-refractivity contribution >= 4 is 28.0 Å². The van der Waals surface area contributed by atoms with E-state index in [0.29, 0.717) is 5.95 Å². The highest BCUT2D eigenvalue weighted by Crippen LogP contribution is 2.27. The van der Waals surface area contributed by atoms with E-state index >= 15 is 0 Å². The molecule has 0 aliphatic carbocycles. The van der Waals surface area contributed by atoms with Crippen molar-refractivity contribution in [3.63, 3.8) is 0 Å². The van der Waals surface area contributed by atoms with Gasteiger partial charge in [0, 0.05) is 17.0 Å². The lowest BCUT2D eigenvalue weighted by atomic mass is 9.86. The quantitative estimate of drug-likeness (QED) is 0.326. The van der Waals surface area contributed by atoms with Crippen molar-refractivity contribution < 1.29 is 4.42 Å². The molecule has 0 bridgehead atoms. The second kappa shape index (κ2) is 7.68. The summed E-state index contributed by atoms with van der Waals surface area (Å²) in [6.07, 6.45) is 0. The zero-order valence-electron chi connectivity index (χ0n) is 18.7. The third-order valence-corrected chi connectivity index (χ3v) is 5.61. The van der Waals surface area contributed by atoms with E-state index in [-0.39, 0.29) is 5.41 Å². The largest absolute Gasteiger partial charge is 0.456 e. The monoisotopic (exact) mass is 422 g/mol. The fourth-order valence-electron chi connectivity index (χ4n) is 3.77. The van der Waals surface area contributed by atoms with Gasteiger partial charge < -0.3 is 9.40 Å². The van der Waals surface area contributed by atoms with Gasteiger partial charge in [-0.2, -0.15) is 5.10 Å². The van der Waals surface area contributed by atoms with Gasteiger partial charge in [-0.05, 0) is 42.2 Å². The first-order valence-corrected chi connectivity index (χ1v) is 10.8. The SMILES string of the molecule is Cc1ccc2oc(-c3ccc(C(C)(C)C)cc3)cc(=NNc3nc4ccccc4[nH]3)c2c1. The zero-order valence-corrected chi connectivity index (χ0v) is 18.7. The zero-order chi connectivity index (χ0) is 22.3. The van der Waals surface area contributed by atoms with Gasteiger partial charge in [-0.1, -0.05) is 68.8 Å². The Balaban J connectivity index is 1.60. The highest BCUT2D eigenvalue weighted by Gasteiger charge is 2.14. The molecule has 0 unspecified atom stereocenters. The van der Waals surface area contributed by atoms with Crippen LogP contribution in [-0.4, -0.2) is 9.97 Å². The first kappa shape index (κ1) is 20.1. The Morgan fingerprint density at radius 3 is 2.47 bits per heavy atom. The summed E-state index contributed by atoms with van der Waals surface area (Å²) in [5.74, 6) is 1.37. The first-order chi connectivity index (χ1) is 15.4. The average Bonchev–Trinajstić information content (AvgIpc) is 3.20. The number of nitrogens with zero attached hydrogens (tertiary/aromatic N) is 2. The predicted molar refractivity (Wildman–Crippen MR) is 130 cm³/mol. The van der Waals surface area contributed by atoms with Gasteiger partial charge >= 0.3 is 0 Å². The molecular weight excluding hydrogens is 396 g/mol. The average molecular weight is 423 g/mol. The lowest BCUT2D eigenvalue weighted by molar-refractivity contribution is 0.589. The van der Waals surface area contributed by atoms with Crippen molar-refractivity contribution in [1.82, 2.24) is 9.97 Å². The number of hydrogen-bond donors (Lipinski definition) is 2. The van der Waals surface area contributed by atoms with E-state index in [1.807, 2.05) is 36.4 Å². The van der Waals surface area contributed by atoms with Crippen LogP contribution in [0, 0.1) is 6.92 Å². The van der Waals surface area contributed by atoms with Crippen molar-refractivity contribution in [3.8, 4) is 11.3 Å². The maximum Gasteiger partial charge on any atom is 0.222 e. The van der Waals surface area contributed by atoms with Crippen molar-refractivity contribution in [3.05, 3.63) is 89.3 Å². The van der Waals surface area contributed by atoms with Crippen molar-refractivity contribution in [2.75, 3.05) is 5.43 Å². The molecule has 2 heterocycles. The molecule has 0 saturated carbocycles. The van der Waals surface area contributed by atoms with Gasteiger partial charge in [-0.15, -0.1) is 0 Å². The Hall–Kier alpha value is -3.86. The van der Waals surface area contributed by atoms with E-state index < -0.39 is 0 Å². The van der Waals surface area contributed by atoms with Crippen LogP contribution in [0.25, 0.3) is 33.3 Å². The Morgan fingerprint density at radius 1 is 0.938 bits per heavy atom. The first-order valence-electron chi connectivity index (χ1n) is 10.8. The maximum absolute atomic E-state index is 6.26. The third kappa shape index (κ3) is 3.89. The molecule has 5 heteroatoms. The number of benzene rings is 3. The van der Waals surface area contributed by atoms with Crippen LogP contribution in [0.2, 0.25) is 0 Å². The van der Waals surface area contributed by atoms with Crippen molar-refractivity contribution in [1.29, 1.82) is 0 Å². The number of anilines is 1. The van der Waals surface area contributed by atoms with Gasteiger partial charge in [0.1, 0.15) is 11.3 Å². The third-order valence-electron chi connectivity index (χ3n) is 5.61. The summed E-state index contributed by atoms with van der Waals surface area (Å²) in [7, 11) is 0. The standard InChI is InChI=1S/C27H26N4O/c1-17-9-14-24-20(15-17)23(30-31-26-28-21-7-5-6-8-22(21)29-26)16-25(32-24)18-10-12-19(13-11-18)27(2,3)4/h5-16H,1-4H3,(H2,28,29,31). The minimum absolute atomic E-state index is 0.105. The summed E-state index contributed by atoms with van der Waals surface area (Å²) in [6, 6.07) is 24.6. The number of H-pyrrole nitrogens is 1. The molecule has 5 nitrogen and oxygen atoms in total. The van der Waals surface area contributed by atoms with Gasteiger partial charge in [-0.25, -0.2) is 10.4 Å². The number of imidazole rings is 1. The molecule has 0 spiro atoms. The minimum atomic E-state index is 0.105. The van der Waals surface area contributed by atoms with E-state index in [1.165, 1.54) is 5.56 Å². The number of hydrogen-bond acceptors (Lipinski definition) is 4. The summed E-state index contributed by atoms with van der Waals surface area (Å²) in [4.78, 5) is 7.81. The van der Waals surface area contributed by atoms with Crippen LogP contribution in [0.5, 0.6) is 0 Å². The van der Waals surface area contributed by atoms with Gasteiger partial charge in [0.05, 0.1) is 16.4 Å². The maximum atomic E-state index is 6.26. The molecule has 0 amide bonds. The molecule has 0 atom stereocenters. The smallest absolute Gasteiger partial charge is 0.222 e. The van der Waals surface area contributed by atoms with Crippen molar-refractivity contribution in [2.45, 2.75) is 33.1 Å². The number of aromatic amines is 1. The summed E-state index contributed by atoms with van der Waals surface area (Å²) in [5.41, 5.74) is 9.29. The highest BCUT2D eigenvalue weighted by molar-refractivity contribution is 5.79. The number of rotatable bonds is 3. The summed E-state index contributed by atoms with van der Waals surface area (Å²) >= 11 is 0. The number of aryl methyl sites for hydroxylation is 1. The van der Waals surface area contributed by atoms with E-state index in [4.69, 9.17) is 4.42 Å². The molecule has 0 fully saturated rings. The van der Waals surface area contributed by atoms with E-state index in [2.05, 4.69) is 84.6 Å². The molecule has 5 rings (SSSR count). The highest BCUT2D eigenvalue weighted by atomic mass is 16.3. The lowest BCUT2D eigenvalue weighted by Gasteiger charge is -2.19. The van der Waals surface area contributed by atoms with Gasteiger partial charge in [0.15, 0.2) is 0 Å². The predicted octanol–water partition coefficient (Wildman–Crippen LogP) is 6.51. The van der Waals surface area contributed by atoms with Gasteiger partial charge in [0.25, 0.3) is 0 Å². The number of nitrogens with one attached hydrogen (secondary N) is 2. The van der Waals surface area contributed by atoms with E-state index in [1.54, 1.807) is 0 Å².